The van der Waals surface area contributed by atoms with Crippen molar-refractivity contribution in [1.82, 2.24) is 9.80 Å². The summed E-state index contributed by atoms with van der Waals surface area (Å²) in [6.45, 7) is 5.43. The average molecular weight is 440 g/mol. The Kier molecular flexibility index (Phi) is 6.74. The highest BCUT2D eigenvalue weighted by atomic mass is 19.1. The smallest absolute Gasteiger partial charge is 0.257 e. The van der Waals surface area contributed by atoms with Crippen LogP contribution in [0.3, 0.4) is 0 Å². The van der Waals surface area contributed by atoms with E-state index >= 15 is 0 Å². The highest BCUT2D eigenvalue weighted by Gasteiger charge is 2.30. The third-order valence-corrected chi connectivity index (χ3v) is 6.50. The summed E-state index contributed by atoms with van der Waals surface area (Å²) in [5.74, 6) is -0.805. The third-order valence-electron chi connectivity index (χ3n) is 6.50. The average Bonchev–Trinajstić information content (AvgIpc) is 3.43. The van der Waals surface area contributed by atoms with Crippen molar-refractivity contribution < 1.29 is 19.1 Å². The number of halogens is 1. The molecule has 0 saturated carbocycles. The Morgan fingerprint density at radius 3 is 2.62 bits per heavy atom. The van der Waals surface area contributed by atoms with E-state index < -0.39 is 5.82 Å². The van der Waals surface area contributed by atoms with Crippen LogP contribution in [0.4, 0.5) is 10.1 Å². The molecule has 0 aliphatic carbocycles. The highest BCUT2D eigenvalue weighted by molar-refractivity contribution is 5.99. The predicted molar refractivity (Wildman–Crippen MR) is 121 cm³/mol. The molecule has 170 valence electrons. The van der Waals surface area contributed by atoms with Crippen LogP contribution in [0.1, 0.15) is 48.5 Å². The van der Waals surface area contributed by atoms with Crippen LogP contribution in [-0.2, 0) is 11.3 Å². The minimum Gasteiger partial charge on any atom is -0.508 e. The maximum absolute atomic E-state index is 14.8. The minimum absolute atomic E-state index is 0.000463. The molecule has 32 heavy (non-hydrogen) atoms. The number of hydrogen-bond donors (Lipinski definition) is 1. The minimum atomic E-state index is -0.583. The maximum Gasteiger partial charge on any atom is 0.257 e. The van der Waals surface area contributed by atoms with E-state index in [1.165, 1.54) is 12.1 Å². The summed E-state index contributed by atoms with van der Waals surface area (Å²) in [5, 5.41) is 9.60. The van der Waals surface area contributed by atoms with E-state index in [0.717, 1.165) is 37.9 Å². The Morgan fingerprint density at radius 1 is 1.16 bits per heavy atom. The van der Waals surface area contributed by atoms with Crippen LogP contribution in [0.5, 0.6) is 5.75 Å². The van der Waals surface area contributed by atoms with Crippen LogP contribution in [-0.4, -0.2) is 58.9 Å². The van der Waals surface area contributed by atoms with E-state index in [0.29, 0.717) is 31.7 Å². The van der Waals surface area contributed by atoms with Gasteiger partial charge < -0.3 is 14.9 Å². The first kappa shape index (κ1) is 22.3. The summed E-state index contributed by atoms with van der Waals surface area (Å²) < 4.78 is 14.8. The number of anilines is 1. The quantitative estimate of drug-likeness (QED) is 0.713. The molecular weight excluding hydrogens is 409 g/mol. The number of hydrogen-bond acceptors (Lipinski definition) is 4. The van der Waals surface area contributed by atoms with Gasteiger partial charge in [0.2, 0.25) is 5.91 Å². The molecular formula is C25H30FN3O3. The van der Waals surface area contributed by atoms with Crippen LogP contribution in [0.25, 0.3) is 0 Å². The molecule has 0 radical (unpaired) electrons. The standard InChI is InChI=1S/C25H30FN3O3/c1-2-27-13-3-5-20(27)17-28(16-18-7-10-21(30)11-8-18)25(32)22-15-19(9-12-23(22)26)29-14-4-6-24(29)31/h7-12,15,20,30H,2-6,13-14,16-17H2,1H3/t20-/m1/s1. The Balaban J connectivity index is 1.62. The fourth-order valence-electron chi connectivity index (χ4n) is 4.75. The fraction of sp³-hybridized carbons (Fsp3) is 0.440. The molecule has 2 aromatic carbocycles. The lowest BCUT2D eigenvalue weighted by atomic mass is 10.1. The van der Waals surface area contributed by atoms with Gasteiger partial charge in [-0.2, -0.15) is 0 Å². The van der Waals surface area contributed by atoms with Crippen LogP contribution < -0.4 is 4.90 Å². The Labute approximate surface area is 188 Å². The summed E-state index contributed by atoms with van der Waals surface area (Å²) in [6.07, 6.45) is 3.32. The molecule has 0 spiro atoms. The topological polar surface area (TPSA) is 64.1 Å². The lowest BCUT2D eigenvalue weighted by Crippen LogP contribution is -2.43. The molecule has 2 heterocycles. The molecule has 4 rings (SSSR count). The van der Waals surface area contributed by atoms with Gasteiger partial charge in [0.25, 0.3) is 5.91 Å². The van der Waals surface area contributed by atoms with E-state index in [9.17, 15) is 19.1 Å². The Hall–Kier alpha value is -2.93. The highest BCUT2D eigenvalue weighted by Crippen LogP contribution is 2.26. The van der Waals surface area contributed by atoms with Gasteiger partial charge in [-0.25, -0.2) is 4.39 Å². The number of nitrogens with zero attached hydrogens (tertiary/aromatic N) is 3. The Morgan fingerprint density at radius 2 is 1.94 bits per heavy atom. The zero-order valence-electron chi connectivity index (χ0n) is 18.5. The van der Waals surface area contributed by atoms with Gasteiger partial charge >= 0.3 is 0 Å². The van der Waals surface area contributed by atoms with E-state index in [4.69, 9.17) is 0 Å². The second kappa shape index (κ2) is 9.69. The number of carbonyl (C=O) groups excluding carboxylic acids is 2. The van der Waals surface area contributed by atoms with Gasteiger partial charge in [0.05, 0.1) is 5.56 Å². The number of likely N-dealkylation sites (tertiary alicyclic amines) is 1. The van der Waals surface area contributed by atoms with Crippen molar-refractivity contribution in [3.63, 3.8) is 0 Å². The van der Waals surface area contributed by atoms with Gasteiger partial charge in [-0.3, -0.25) is 14.5 Å². The van der Waals surface area contributed by atoms with Crippen LogP contribution >= 0.6 is 0 Å². The van der Waals surface area contributed by atoms with Gasteiger partial charge in [0.15, 0.2) is 0 Å². The van der Waals surface area contributed by atoms with Crippen molar-refractivity contribution in [2.45, 2.75) is 45.2 Å². The number of carbonyl (C=O) groups is 2. The number of phenols is 1. The number of benzene rings is 2. The lowest BCUT2D eigenvalue weighted by Gasteiger charge is -2.31. The molecule has 0 bridgehead atoms. The summed E-state index contributed by atoms with van der Waals surface area (Å²) >= 11 is 0. The van der Waals surface area contributed by atoms with Crippen molar-refractivity contribution >= 4 is 17.5 Å². The molecule has 2 aliphatic heterocycles. The van der Waals surface area contributed by atoms with E-state index in [1.54, 1.807) is 40.1 Å². The predicted octanol–water partition coefficient (Wildman–Crippen LogP) is 3.78. The van der Waals surface area contributed by atoms with Gasteiger partial charge in [-0.05, 0) is 68.2 Å². The van der Waals surface area contributed by atoms with E-state index in [2.05, 4.69) is 11.8 Å². The fourth-order valence-corrected chi connectivity index (χ4v) is 4.75. The van der Waals surface area contributed by atoms with Crippen molar-refractivity contribution in [2.75, 3.05) is 31.1 Å². The first-order valence-corrected chi connectivity index (χ1v) is 11.4. The van der Waals surface area contributed by atoms with Crippen LogP contribution in [0.15, 0.2) is 42.5 Å². The molecule has 2 aliphatic rings. The molecule has 1 N–H and O–H groups in total. The largest absolute Gasteiger partial charge is 0.508 e. The summed E-state index contributed by atoms with van der Waals surface area (Å²) in [4.78, 5) is 31.4. The summed E-state index contributed by atoms with van der Waals surface area (Å²) in [7, 11) is 0. The van der Waals surface area contributed by atoms with Gasteiger partial charge in [-0.1, -0.05) is 19.1 Å². The number of rotatable bonds is 7. The van der Waals surface area contributed by atoms with Crippen molar-refractivity contribution in [2.24, 2.45) is 0 Å². The van der Waals surface area contributed by atoms with Crippen molar-refractivity contribution in [3.05, 3.63) is 59.4 Å². The molecule has 7 heteroatoms. The number of phenolic OH excluding ortho intramolecular Hbond substituents is 1. The molecule has 2 aromatic rings. The molecule has 2 saturated heterocycles. The second-order valence-electron chi connectivity index (χ2n) is 8.59. The van der Waals surface area contributed by atoms with E-state index in [1.807, 2.05) is 0 Å². The van der Waals surface area contributed by atoms with Crippen LogP contribution in [0.2, 0.25) is 0 Å². The Bertz CT molecular complexity index is 979. The summed E-state index contributed by atoms with van der Waals surface area (Å²) in [6, 6.07) is 11.3. The van der Waals surface area contributed by atoms with Gasteiger partial charge in [0.1, 0.15) is 11.6 Å². The molecule has 2 amide bonds. The van der Waals surface area contributed by atoms with Crippen LogP contribution in [0, 0.1) is 5.82 Å². The molecule has 0 unspecified atom stereocenters. The SMILES string of the molecule is CCN1CCC[C@@H]1CN(Cc1ccc(O)cc1)C(=O)c1cc(N2CCCC2=O)ccc1F. The number of amides is 2. The van der Waals surface area contributed by atoms with Gasteiger partial charge in [0, 0.05) is 37.8 Å². The first-order chi connectivity index (χ1) is 15.5. The van der Waals surface area contributed by atoms with Crippen molar-refractivity contribution in [1.29, 1.82) is 0 Å². The molecule has 0 aromatic heterocycles. The zero-order chi connectivity index (χ0) is 22.7. The number of aromatic hydroxyl groups is 1. The molecule has 2 fully saturated rings. The first-order valence-electron chi connectivity index (χ1n) is 11.4. The second-order valence-corrected chi connectivity index (χ2v) is 8.59. The normalized spacial score (nSPS) is 19.0. The monoisotopic (exact) mass is 439 g/mol. The number of likely N-dealkylation sites (N-methyl/N-ethyl adjacent to an activating group) is 1. The lowest BCUT2D eigenvalue weighted by molar-refractivity contribution is -0.117. The van der Waals surface area contributed by atoms with E-state index in [-0.39, 0.29) is 29.2 Å². The maximum atomic E-state index is 14.8. The van der Waals surface area contributed by atoms with Crippen molar-refractivity contribution in [3.8, 4) is 5.75 Å². The third kappa shape index (κ3) is 4.78. The molecule has 6 nitrogen and oxygen atoms in total. The summed E-state index contributed by atoms with van der Waals surface area (Å²) in [5.41, 5.74) is 1.42. The molecule has 1 atom stereocenters. The zero-order valence-corrected chi connectivity index (χ0v) is 18.5. The van der Waals surface area contributed by atoms with Gasteiger partial charge in [-0.15, -0.1) is 0 Å².